The van der Waals surface area contributed by atoms with E-state index in [1.807, 2.05) is 6.92 Å². The number of rotatable bonds is 3. The number of hydrogen-bond donors (Lipinski definition) is 1. The molecule has 0 unspecified atom stereocenters. The minimum atomic E-state index is -0.239. The summed E-state index contributed by atoms with van der Waals surface area (Å²) in [6.45, 7) is 2.48. The van der Waals surface area contributed by atoms with Crippen LogP contribution in [0, 0.1) is 12.7 Å². The van der Waals surface area contributed by atoms with Crippen LogP contribution in [0.2, 0.25) is 0 Å². The van der Waals surface area contributed by atoms with Crippen molar-refractivity contribution < 1.29 is 4.39 Å². The molecule has 16 heavy (non-hydrogen) atoms. The van der Waals surface area contributed by atoms with Gasteiger partial charge in [-0.3, -0.25) is 0 Å². The first-order valence-electron chi connectivity index (χ1n) is 5.01. The Balaban J connectivity index is 1.97. The van der Waals surface area contributed by atoms with Crippen LogP contribution in [0.25, 0.3) is 0 Å². The van der Waals surface area contributed by atoms with E-state index in [0.29, 0.717) is 6.54 Å². The molecule has 4 heteroatoms. The number of anilines is 1. The Kier molecular flexibility index (Phi) is 3.10. The third kappa shape index (κ3) is 2.76. The third-order valence-corrected chi connectivity index (χ3v) is 2.13. The predicted molar refractivity (Wildman–Crippen MR) is 60.5 cm³/mol. The van der Waals surface area contributed by atoms with Crippen LogP contribution in [-0.2, 0) is 6.54 Å². The summed E-state index contributed by atoms with van der Waals surface area (Å²) in [5.41, 5.74) is 1.89. The van der Waals surface area contributed by atoms with Gasteiger partial charge in [0, 0.05) is 18.1 Å². The van der Waals surface area contributed by atoms with Crippen molar-refractivity contribution in [3.05, 3.63) is 53.9 Å². The maximum atomic E-state index is 12.6. The zero-order valence-corrected chi connectivity index (χ0v) is 8.94. The van der Waals surface area contributed by atoms with Gasteiger partial charge in [0.25, 0.3) is 0 Å². The molecule has 82 valence electrons. The topological polar surface area (TPSA) is 37.8 Å². The lowest BCUT2D eigenvalue weighted by Gasteiger charge is -2.04. The van der Waals surface area contributed by atoms with Crippen LogP contribution < -0.4 is 5.32 Å². The quantitative estimate of drug-likeness (QED) is 0.858. The van der Waals surface area contributed by atoms with Gasteiger partial charge in [0.15, 0.2) is 0 Å². The maximum absolute atomic E-state index is 12.6. The van der Waals surface area contributed by atoms with E-state index < -0.39 is 0 Å². The van der Waals surface area contributed by atoms with Crippen molar-refractivity contribution in [3.8, 4) is 0 Å². The molecule has 0 aliphatic rings. The summed E-state index contributed by atoms with van der Waals surface area (Å²) in [5.74, 6) is 0.479. The summed E-state index contributed by atoms with van der Waals surface area (Å²) < 4.78 is 12.6. The van der Waals surface area contributed by atoms with Crippen molar-refractivity contribution in [2.24, 2.45) is 0 Å². The number of aromatic nitrogens is 2. The minimum absolute atomic E-state index is 0.239. The molecular formula is C12H12FN3. The minimum Gasteiger partial charge on any atom is -0.378 e. The highest BCUT2D eigenvalue weighted by Gasteiger charge is 1.96. The first-order valence-corrected chi connectivity index (χ1v) is 5.01. The fourth-order valence-corrected chi connectivity index (χ4v) is 1.26. The summed E-state index contributed by atoms with van der Waals surface area (Å²) >= 11 is 0. The molecule has 1 aromatic carbocycles. The summed E-state index contributed by atoms with van der Waals surface area (Å²) in [7, 11) is 0. The van der Waals surface area contributed by atoms with Crippen molar-refractivity contribution in [2.45, 2.75) is 13.5 Å². The molecule has 1 N–H and O–H groups in total. The lowest BCUT2D eigenvalue weighted by molar-refractivity contribution is 0.628. The molecule has 0 amide bonds. The largest absolute Gasteiger partial charge is 0.378 e. The van der Waals surface area contributed by atoms with Gasteiger partial charge in [0.1, 0.15) is 11.6 Å². The molecule has 0 aliphatic heterocycles. The van der Waals surface area contributed by atoms with Gasteiger partial charge in [-0.2, -0.15) is 0 Å². The van der Waals surface area contributed by atoms with Gasteiger partial charge in [-0.1, -0.05) is 0 Å². The van der Waals surface area contributed by atoms with Crippen LogP contribution >= 0.6 is 0 Å². The van der Waals surface area contributed by atoms with E-state index in [9.17, 15) is 4.39 Å². The van der Waals surface area contributed by atoms with Crippen LogP contribution in [0.5, 0.6) is 0 Å². The van der Waals surface area contributed by atoms with E-state index in [1.54, 1.807) is 24.5 Å². The van der Waals surface area contributed by atoms with Crippen LogP contribution in [-0.4, -0.2) is 9.97 Å². The molecule has 0 atom stereocenters. The second-order valence-electron chi connectivity index (χ2n) is 3.54. The van der Waals surface area contributed by atoms with Crippen molar-refractivity contribution in [1.82, 2.24) is 9.97 Å². The highest BCUT2D eigenvalue weighted by Crippen LogP contribution is 2.08. The fraction of sp³-hybridized carbons (Fsp3) is 0.167. The lowest BCUT2D eigenvalue weighted by atomic mass is 10.3. The highest BCUT2D eigenvalue weighted by molar-refractivity contribution is 5.42. The molecule has 0 radical (unpaired) electrons. The summed E-state index contributed by atoms with van der Waals surface area (Å²) in [4.78, 5) is 8.33. The van der Waals surface area contributed by atoms with Crippen molar-refractivity contribution in [3.63, 3.8) is 0 Å². The van der Waals surface area contributed by atoms with Gasteiger partial charge in [0.05, 0.1) is 6.54 Å². The predicted octanol–water partition coefficient (Wildman–Crippen LogP) is 2.54. The van der Waals surface area contributed by atoms with Gasteiger partial charge in [0.2, 0.25) is 0 Å². The smallest absolute Gasteiger partial charge is 0.147 e. The number of nitrogens with zero attached hydrogens (tertiary/aromatic N) is 2. The van der Waals surface area contributed by atoms with Gasteiger partial charge in [-0.15, -0.1) is 0 Å². The van der Waals surface area contributed by atoms with E-state index in [4.69, 9.17) is 0 Å². The van der Waals surface area contributed by atoms with Gasteiger partial charge in [-0.05, 0) is 36.8 Å². The third-order valence-electron chi connectivity index (χ3n) is 2.13. The second kappa shape index (κ2) is 4.70. The first kappa shape index (κ1) is 10.5. The molecular weight excluding hydrogens is 205 g/mol. The van der Waals surface area contributed by atoms with Crippen LogP contribution in [0.15, 0.2) is 36.7 Å². The van der Waals surface area contributed by atoms with Crippen LogP contribution in [0.3, 0.4) is 0 Å². The standard InChI is InChI=1S/C12H12FN3/c1-9-6-15-12(16-7-9)8-14-11-4-2-10(13)3-5-11/h2-7,14H,8H2,1H3. The van der Waals surface area contributed by atoms with Gasteiger partial charge >= 0.3 is 0 Å². The zero-order chi connectivity index (χ0) is 11.4. The molecule has 0 saturated carbocycles. The molecule has 0 spiro atoms. The summed E-state index contributed by atoms with van der Waals surface area (Å²) in [6.07, 6.45) is 3.54. The Morgan fingerprint density at radius 3 is 2.38 bits per heavy atom. The molecule has 0 aliphatic carbocycles. The number of aryl methyl sites for hydroxylation is 1. The number of hydrogen-bond acceptors (Lipinski definition) is 3. The molecule has 0 bridgehead atoms. The van der Waals surface area contributed by atoms with E-state index in [0.717, 1.165) is 17.1 Å². The van der Waals surface area contributed by atoms with E-state index in [1.165, 1.54) is 12.1 Å². The number of nitrogens with one attached hydrogen (secondary N) is 1. The molecule has 3 nitrogen and oxygen atoms in total. The first-order chi connectivity index (χ1) is 7.74. The highest BCUT2D eigenvalue weighted by atomic mass is 19.1. The fourth-order valence-electron chi connectivity index (χ4n) is 1.26. The Bertz CT molecular complexity index is 405. The molecule has 0 saturated heterocycles. The van der Waals surface area contributed by atoms with Crippen molar-refractivity contribution in [1.29, 1.82) is 0 Å². The SMILES string of the molecule is Cc1cnc(CNc2ccc(F)cc2)nc1. The van der Waals surface area contributed by atoms with Gasteiger partial charge in [-0.25, -0.2) is 14.4 Å². The van der Waals surface area contributed by atoms with Crippen molar-refractivity contribution in [2.75, 3.05) is 5.32 Å². The van der Waals surface area contributed by atoms with E-state index >= 15 is 0 Å². The van der Waals surface area contributed by atoms with Crippen LogP contribution in [0.1, 0.15) is 11.4 Å². The molecule has 1 heterocycles. The monoisotopic (exact) mass is 217 g/mol. The number of halogens is 1. The molecule has 0 fully saturated rings. The number of benzene rings is 1. The van der Waals surface area contributed by atoms with Crippen molar-refractivity contribution >= 4 is 5.69 Å². The maximum Gasteiger partial charge on any atom is 0.147 e. The Morgan fingerprint density at radius 2 is 1.75 bits per heavy atom. The Morgan fingerprint density at radius 1 is 1.12 bits per heavy atom. The molecule has 1 aromatic heterocycles. The molecule has 2 aromatic rings. The zero-order valence-electron chi connectivity index (χ0n) is 8.94. The Labute approximate surface area is 93.4 Å². The van der Waals surface area contributed by atoms with E-state index in [-0.39, 0.29) is 5.82 Å². The molecule has 2 rings (SSSR count). The van der Waals surface area contributed by atoms with Gasteiger partial charge < -0.3 is 5.32 Å². The average molecular weight is 217 g/mol. The normalized spacial score (nSPS) is 10.1. The summed E-state index contributed by atoms with van der Waals surface area (Å²) in [6, 6.07) is 6.20. The van der Waals surface area contributed by atoms with E-state index in [2.05, 4.69) is 15.3 Å². The average Bonchev–Trinajstić information content (AvgIpc) is 2.30. The van der Waals surface area contributed by atoms with Crippen LogP contribution in [0.4, 0.5) is 10.1 Å². The lowest BCUT2D eigenvalue weighted by Crippen LogP contribution is -2.03. The second-order valence-corrected chi connectivity index (χ2v) is 3.54. The summed E-state index contributed by atoms with van der Waals surface area (Å²) in [5, 5.41) is 3.12. The Hall–Kier alpha value is -1.97.